The number of alkyl halides is 1. The van der Waals surface area contributed by atoms with Gasteiger partial charge in [0.15, 0.2) is 0 Å². The molecule has 1 aromatic rings. The van der Waals surface area contributed by atoms with E-state index in [0.717, 1.165) is 0 Å². The van der Waals surface area contributed by atoms with E-state index < -0.39 is 0 Å². The quantitative estimate of drug-likeness (QED) is 0.542. The SMILES string of the molecule is COCCNC(=O)CCNc1nnc(C(C)Cl)o1. The smallest absolute Gasteiger partial charge is 0.315 e. The van der Waals surface area contributed by atoms with Crippen LogP contribution in [0, 0.1) is 0 Å². The van der Waals surface area contributed by atoms with Gasteiger partial charge in [0.1, 0.15) is 5.38 Å². The fourth-order valence-corrected chi connectivity index (χ4v) is 1.22. The van der Waals surface area contributed by atoms with Crippen LogP contribution < -0.4 is 10.6 Å². The summed E-state index contributed by atoms with van der Waals surface area (Å²) in [6.45, 7) is 3.16. The topological polar surface area (TPSA) is 89.3 Å². The van der Waals surface area contributed by atoms with Gasteiger partial charge in [-0.3, -0.25) is 4.79 Å². The van der Waals surface area contributed by atoms with Crippen LogP contribution in [0.4, 0.5) is 6.01 Å². The van der Waals surface area contributed by atoms with E-state index in [4.69, 9.17) is 20.8 Å². The lowest BCUT2D eigenvalue weighted by Crippen LogP contribution is -2.28. The molecule has 0 saturated heterocycles. The Balaban J connectivity index is 2.18. The molecule has 0 aliphatic carbocycles. The molecule has 1 atom stereocenters. The number of anilines is 1. The predicted molar refractivity (Wildman–Crippen MR) is 66.6 cm³/mol. The minimum atomic E-state index is -0.328. The molecule has 8 heteroatoms. The van der Waals surface area contributed by atoms with E-state index in [0.29, 0.717) is 32.0 Å². The summed E-state index contributed by atoms with van der Waals surface area (Å²) >= 11 is 5.77. The Labute approximate surface area is 110 Å². The molecule has 1 aromatic heterocycles. The van der Waals surface area contributed by atoms with Crippen LogP contribution in [0.15, 0.2) is 4.42 Å². The van der Waals surface area contributed by atoms with Gasteiger partial charge >= 0.3 is 6.01 Å². The number of nitrogens with one attached hydrogen (secondary N) is 2. The van der Waals surface area contributed by atoms with Gasteiger partial charge in [0.25, 0.3) is 0 Å². The molecule has 0 saturated carbocycles. The van der Waals surface area contributed by atoms with E-state index in [2.05, 4.69) is 20.8 Å². The van der Waals surface area contributed by atoms with Crippen LogP contribution in [-0.4, -0.2) is 42.9 Å². The summed E-state index contributed by atoms with van der Waals surface area (Å²) in [7, 11) is 1.58. The number of carbonyl (C=O) groups is 1. The van der Waals surface area contributed by atoms with E-state index >= 15 is 0 Å². The number of hydrogen-bond donors (Lipinski definition) is 2. The van der Waals surface area contributed by atoms with E-state index in [1.807, 2.05) is 0 Å². The molecule has 102 valence electrons. The second-order valence-corrected chi connectivity index (χ2v) is 4.24. The van der Waals surface area contributed by atoms with E-state index in [-0.39, 0.29) is 17.3 Å². The van der Waals surface area contributed by atoms with Gasteiger partial charge in [0.05, 0.1) is 6.61 Å². The minimum absolute atomic E-state index is 0.0648. The zero-order valence-electron chi connectivity index (χ0n) is 10.4. The summed E-state index contributed by atoms with van der Waals surface area (Å²) < 4.78 is 10.0. The Morgan fingerprint density at radius 3 is 2.89 bits per heavy atom. The number of halogens is 1. The molecule has 7 nitrogen and oxygen atoms in total. The van der Waals surface area contributed by atoms with Crippen LogP contribution in [0.2, 0.25) is 0 Å². The lowest BCUT2D eigenvalue weighted by atomic mass is 10.4. The van der Waals surface area contributed by atoms with Crippen LogP contribution in [0.5, 0.6) is 0 Å². The van der Waals surface area contributed by atoms with Crippen molar-refractivity contribution in [2.24, 2.45) is 0 Å². The number of carbonyl (C=O) groups excluding carboxylic acids is 1. The maximum absolute atomic E-state index is 11.3. The van der Waals surface area contributed by atoms with Crippen LogP contribution in [0.25, 0.3) is 0 Å². The first-order valence-corrected chi connectivity index (χ1v) is 6.04. The maximum atomic E-state index is 11.3. The lowest BCUT2D eigenvalue weighted by Gasteiger charge is -2.04. The van der Waals surface area contributed by atoms with Crippen molar-refractivity contribution in [1.82, 2.24) is 15.5 Å². The molecule has 1 amide bonds. The molecule has 2 N–H and O–H groups in total. The van der Waals surface area contributed by atoms with Crippen molar-refractivity contribution in [1.29, 1.82) is 0 Å². The second-order valence-electron chi connectivity index (χ2n) is 3.58. The monoisotopic (exact) mass is 276 g/mol. The van der Waals surface area contributed by atoms with E-state index in [1.54, 1.807) is 14.0 Å². The number of aromatic nitrogens is 2. The molecule has 0 fully saturated rings. The van der Waals surface area contributed by atoms with Crippen molar-refractivity contribution in [2.45, 2.75) is 18.7 Å². The highest BCUT2D eigenvalue weighted by molar-refractivity contribution is 6.20. The highest BCUT2D eigenvalue weighted by atomic mass is 35.5. The predicted octanol–water partition coefficient (Wildman–Crippen LogP) is 0.934. The highest BCUT2D eigenvalue weighted by Gasteiger charge is 2.10. The van der Waals surface area contributed by atoms with Crippen molar-refractivity contribution < 1.29 is 13.9 Å². The molecule has 0 spiro atoms. The molecule has 1 heterocycles. The number of ether oxygens (including phenoxy) is 1. The van der Waals surface area contributed by atoms with Gasteiger partial charge in [0, 0.05) is 26.6 Å². The zero-order chi connectivity index (χ0) is 13.4. The molecule has 0 radical (unpaired) electrons. The largest absolute Gasteiger partial charge is 0.407 e. The Morgan fingerprint density at radius 1 is 1.50 bits per heavy atom. The summed E-state index contributed by atoms with van der Waals surface area (Å²) in [6, 6.07) is 0.266. The molecule has 1 rings (SSSR count). The fourth-order valence-electron chi connectivity index (χ4n) is 1.13. The van der Waals surface area contributed by atoms with Crippen molar-refractivity contribution >= 4 is 23.5 Å². The number of amides is 1. The van der Waals surface area contributed by atoms with Crippen molar-refractivity contribution in [3.8, 4) is 0 Å². The Hall–Kier alpha value is -1.34. The Bertz CT molecular complexity index is 370. The fraction of sp³-hybridized carbons (Fsp3) is 0.700. The van der Waals surface area contributed by atoms with Gasteiger partial charge < -0.3 is 19.8 Å². The molecule has 0 aliphatic heterocycles. The van der Waals surface area contributed by atoms with Gasteiger partial charge in [-0.15, -0.1) is 16.7 Å². The number of hydrogen-bond acceptors (Lipinski definition) is 6. The molecule has 18 heavy (non-hydrogen) atoms. The highest BCUT2D eigenvalue weighted by Crippen LogP contribution is 2.18. The molecule has 0 aromatic carbocycles. The Morgan fingerprint density at radius 2 is 2.28 bits per heavy atom. The third-order valence-corrected chi connectivity index (χ3v) is 2.22. The minimum Gasteiger partial charge on any atom is -0.407 e. The summed E-state index contributed by atoms with van der Waals surface area (Å²) in [5.74, 6) is 0.286. The first-order valence-electron chi connectivity index (χ1n) is 5.60. The van der Waals surface area contributed by atoms with Gasteiger partial charge in [-0.2, -0.15) is 0 Å². The standard InChI is InChI=1S/C10H17ClN4O3/c1-7(11)9-14-15-10(18-9)13-4-3-8(16)12-5-6-17-2/h7H,3-6H2,1-2H3,(H,12,16)(H,13,15). The van der Waals surface area contributed by atoms with E-state index in [1.165, 1.54) is 0 Å². The van der Waals surface area contributed by atoms with Crippen molar-refractivity contribution in [3.63, 3.8) is 0 Å². The summed E-state index contributed by atoms with van der Waals surface area (Å²) in [5.41, 5.74) is 0. The van der Waals surface area contributed by atoms with Gasteiger partial charge in [-0.1, -0.05) is 5.10 Å². The Kier molecular flexibility index (Phi) is 6.45. The first-order chi connectivity index (χ1) is 8.63. The lowest BCUT2D eigenvalue weighted by molar-refractivity contribution is -0.121. The first kappa shape index (κ1) is 14.7. The van der Waals surface area contributed by atoms with Gasteiger partial charge in [-0.05, 0) is 6.92 Å². The number of rotatable bonds is 8. The molecule has 1 unspecified atom stereocenters. The summed E-state index contributed by atoms with van der Waals surface area (Å²) in [6.07, 6.45) is 0.317. The normalized spacial score (nSPS) is 12.2. The molecular formula is C10H17ClN4O3. The third kappa shape index (κ3) is 5.33. The second kappa shape index (κ2) is 7.88. The maximum Gasteiger partial charge on any atom is 0.315 e. The van der Waals surface area contributed by atoms with E-state index in [9.17, 15) is 4.79 Å². The third-order valence-electron chi connectivity index (χ3n) is 2.04. The number of methoxy groups -OCH3 is 1. The van der Waals surface area contributed by atoms with Crippen molar-refractivity contribution in [3.05, 3.63) is 5.89 Å². The average molecular weight is 277 g/mol. The summed E-state index contributed by atoms with van der Waals surface area (Å²) in [4.78, 5) is 11.3. The van der Waals surface area contributed by atoms with Crippen LogP contribution in [0.1, 0.15) is 24.6 Å². The molecule has 0 aliphatic rings. The number of nitrogens with zero attached hydrogens (tertiary/aromatic N) is 2. The van der Waals surface area contributed by atoms with Gasteiger partial charge in [-0.25, -0.2) is 0 Å². The van der Waals surface area contributed by atoms with Crippen LogP contribution in [-0.2, 0) is 9.53 Å². The average Bonchev–Trinajstić information content (AvgIpc) is 2.78. The molecule has 0 bridgehead atoms. The van der Waals surface area contributed by atoms with Crippen molar-refractivity contribution in [2.75, 3.05) is 32.1 Å². The zero-order valence-corrected chi connectivity index (χ0v) is 11.2. The summed E-state index contributed by atoms with van der Waals surface area (Å²) in [5, 5.41) is 12.7. The van der Waals surface area contributed by atoms with Crippen LogP contribution in [0.3, 0.4) is 0 Å². The van der Waals surface area contributed by atoms with Gasteiger partial charge in [0.2, 0.25) is 11.8 Å². The molecular weight excluding hydrogens is 260 g/mol. The van der Waals surface area contributed by atoms with Crippen LogP contribution >= 0.6 is 11.6 Å².